The van der Waals surface area contributed by atoms with Gasteiger partial charge in [0.1, 0.15) is 5.69 Å². The lowest BCUT2D eigenvalue weighted by atomic mass is 10.1. The summed E-state index contributed by atoms with van der Waals surface area (Å²) < 4.78 is 0. The van der Waals surface area contributed by atoms with E-state index in [4.69, 9.17) is 23.2 Å². The average molecular weight is 359 g/mol. The van der Waals surface area contributed by atoms with Gasteiger partial charge in [-0.2, -0.15) is 10.2 Å². The van der Waals surface area contributed by atoms with E-state index in [1.807, 2.05) is 12.1 Å². The molecule has 3 aromatic rings. The summed E-state index contributed by atoms with van der Waals surface area (Å²) in [5, 5.41) is 12.0. The van der Waals surface area contributed by atoms with Crippen LogP contribution < -0.4 is 5.43 Å². The predicted octanol–water partition coefficient (Wildman–Crippen LogP) is 4.15. The first-order valence-corrected chi connectivity index (χ1v) is 7.78. The molecule has 7 heteroatoms. The van der Waals surface area contributed by atoms with Gasteiger partial charge in [0.05, 0.1) is 11.9 Å². The number of rotatable bonds is 4. The standard InChI is InChI=1S/C17H12Cl2N4O/c18-13-5-1-11(2-6-13)10-20-23-17(24)16-9-15(21-22-16)12-3-7-14(19)8-4-12/h1-10H,(H,21,22)(H,23,24)/b20-10-. The largest absolute Gasteiger partial charge is 0.289 e. The maximum Gasteiger partial charge on any atom is 0.289 e. The van der Waals surface area contributed by atoms with Crippen molar-refractivity contribution >= 4 is 35.3 Å². The van der Waals surface area contributed by atoms with Crippen LogP contribution in [0.5, 0.6) is 0 Å². The van der Waals surface area contributed by atoms with Crippen LogP contribution in [0.4, 0.5) is 0 Å². The smallest absolute Gasteiger partial charge is 0.272 e. The summed E-state index contributed by atoms with van der Waals surface area (Å²) in [5.74, 6) is -0.382. The van der Waals surface area contributed by atoms with E-state index in [1.54, 1.807) is 42.5 Å². The molecule has 0 radical (unpaired) electrons. The van der Waals surface area contributed by atoms with E-state index in [2.05, 4.69) is 20.7 Å². The van der Waals surface area contributed by atoms with E-state index in [1.165, 1.54) is 6.21 Å². The maximum atomic E-state index is 12.0. The van der Waals surface area contributed by atoms with Gasteiger partial charge >= 0.3 is 0 Å². The third-order valence-corrected chi connectivity index (χ3v) is 3.72. The maximum absolute atomic E-state index is 12.0. The number of hydrazone groups is 1. The summed E-state index contributed by atoms with van der Waals surface area (Å²) in [6.45, 7) is 0. The third-order valence-electron chi connectivity index (χ3n) is 3.21. The number of amides is 1. The molecule has 0 saturated carbocycles. The van der Waals surface area contributed by atoms with Gasteiger partial charge < -0.3 is 0 Å². The van der Waals surface area contributed by atoms with Crippen LogP contribution in [-0.2, 0) is 0 Å². The van der Waals surface area contributed by atoms with E-state index in [9.17, 15) is 4.79 Å². The van der Waals surface area contributed by atoms with Crippen LogP contribution in [-0.4, -0.2) is 22.3 Å². The van der Waals surface area contributed by atoms with Crippen molar-refractivity contribution in [1.82, 2.24) is 15.6 Å². The molecule has 2 N–H and O–H groups in total. The second-order valence-electron chi connectivity index (χ2n) is 4.92. The first-order chi connectivity index (χ1) is 11.6. The molecule has 5 nitrogen and oxygen atoms in total. The van der Waals surface area contributed by atoms with Crippen molar-refractivity contribution in [2.45, 2.75) is 0 Å². The highest BCUT2D eigenvalue weighted by Gasteiger charge is 2.10. The molecular formula is C17H12Cl2N4O. The number of hydrogen-bond donors (Lipinski definition) is 2. The van der Waals surface area contributed by atoms with Gasteiger partial charge in [0.2, 0.25) is 0 Å². The van der Waals surface area contributed by atoms with Crippen LogP contribution >= 0.6 is 23.2 Å². The Morgan fingerprint density at radius 2 is 1.67 bits per heavy atom. The van der Waals surface area contributed by atoms with Crippen molar-refractivity contribution in [1.29, 1.82) is 0 Å². The molecule has 1 aromatic heterocycles. The molecule has 0 unspecified atom stereocenters. The predicted molar refractivity (Wildman–Crippen MR) is 95.5 cm³/mol. The summed E-state index contributed by atoms with van der Waals surface area (Å²) in [4.78, 5) is 12.0. The van der Waals surface area contributed by atoms with Crippen LogP contribution in [0.2, 0.25) is 10.0 Å². The molecule has 0 aliphatic rings. The molecule has 0 bridgehead atoms. The number of carbonyl (C=O) groups is 1. The fourth-order valence-corrected chi connectivity index (χ4v) is 2.23. The molecule has 3 rings (SSSR count). The van der Waals surface area contributed by atoms with Crippen LogP contribution in [0.15, 0.2) is 59.7 Å². The quantitative estimate of drug-likeness (QED) is 0.543. The van der Waals surface area contributed by atoms with Gasteiger partial charge in [-0.15, -0.1) is 0 Å². The minimum atomic E-state index is -0.382. The van der Waals surface area contributed by atoms with E-state index in [0.717, 1.165) is 11.1 Å². The number of H-pyrrole nitrogens is 1. The summed E-state index contributed by atoms with van der Waals surface area (Å²) in [5.41, 5.74) is 5.09. The Hall–Kier alpha value is -2.63. The summed E-state index contributed by atoms with van der Waals surface area (Å²) in [6.07, 6.45) is 1.53. The molecule has 120 valence electrons. The molecule has 0 atom stereocenters. The van der Waals surface area contributed by atoms with Crippen molar-refractivity contribution in [3.63, 3.8) is 0 Å². The number of benzene rings is 2. The Morgan fingerprint density at radius 3 is 2.33 bits per heavy atom. The van der Waals surface area contributed by atoms with Crippen molar-refractivity contribution in [2.24, 2.45) is 5.10 Å². The minimum Gasteiger partial charge on any atom is -0.272 e. The van der Waals surface area contributed by atoms with Crippen LogP contribution in [0.25, 0.3) is 11.3 Å². The molecule has 0 saturated heterocycles. The van der Waals surface area contributed by atoms with Crippen molar-refractivity contribution < 1.29 is 4.79 Å². The van der Waals surface area contributed by atoms with Crippen LogP contribution in [0.3, 0.4) is 0 Å². The Labute approximate surface area is 148 Å². The summed E-state index contributed by atoms with van der Waals surface area (Å²) in [6, 6.07) is 15.9. The van der Waals surface area contributed by atoms with Crippen LogP contribution in [0.1, 0.15) is 16.1 Å². The molecule has 1 amide bonds. The zero-order chi connectivity index (χ0) is 16.9. The second-order valence-corrected chi connectivity index (χ2v) is 5.80. The van der Waals surface area contributed by atoms with Gasteiger partial charge in [0.15, 0.2) is 0 Å². The number of aromatic amines is 1. The molecule has 0 aliphatic carbocycles. The highest BCUT2D eigenvalue weighted by Crippen LogP contribution is 2.20. The summed E-state index contributed by atoms with van der Waals surface area (Å²) in [7, 11) is 0. The van der Waals surface area contributed by atoms with E-state index in [-0.39, 0.29) is 5.91 Å². The molecule has 0 fully saturated rings. The number of aromatic nitrogens is 2. The molecule has 24 heavy (non-hydrogen) atoms. The van der Waals surface area contributed by atoms with Gasteiger partial charge in [0, 0.05) is 15.6 Å². The number of nitrogens with one attached hydrogen (secondary N) is 2. The number of nitrogens with zero attached hydrogens (tertiary/aromatic N) is 2. The number of carbonyl (C=O) groups excluding carboxylic acids is 1. The summed E-state index contributed by atoms with van der Waals surface area (Å²) >= 11 is 11.7. The van der Waals surface area contributed by atoms with Gasteiger partial charge in [-0.25, -0.2) is 5.43 Å². The Kier molecular flexibility index (Phi) is 4.93. The highest BCUT2D eigenvalue weighted by atomic mass is 35.5. The van der Waals surface area contributed by atoms with E-state index in [0.29, 0.717) is 21.4 Å². The van der Waals surface area contributed by atoms with E-state index >= 15 is 0 Å². The topological polar surface area (TPSA) is 70.1 Å². The molecule has 0 spiro atoms. The Bertz CT molecular complexity index is 870. The van der Waals surface area contributed by atoms with Gasteiger partial charge in [0.25, 0.3) is 5.91 Å². The number of halogens is 2. The molecule has 2 aromatic carbocycles. The lowest BCUT2D eigenvalue weighted by Gasteiger charge is -1.96. The van der Waals surface area contributed by atoms with Crippen molar-refractivity contribution in [3.05, 3.63) is 75.9 Å². The molecule has 1 heterocycles. The zero-order valence-corrected chi connectivity index (χ0v) is 13.8. The Balaban J connectivity index is 1.65. The Morgan fingerprint density at radius 1 is 1.04 bits per heavy atom. The van der Waals surface area contributed by atoms with Gasteiger partial charge in [-0.1, -0.05) is 47.5 Å². The van der Waals surface area contributed by atoms with Gasteiger partial charge in [-0.3, -0.25) is 9.89 Å². The highest BCUT2D eigenvalue weighted by molar-refractivity contribution is 6.30. The first-order valence-electron chi connectivity index (χ1n) is 7.02. The van der Waals surface area contributed by atoms with Crippen molar-refractivity contribution in [2.75, 3.05) is 0 Å². The average Bonchev–Trinajstić information content (AvgIpc) is 3.07. The monoisotopic (exact) mass is 358 g/mol. The molecule has 0 aliphatic heterocycles. The lowest BCUT2D eigenvalue weighted by Crippen LogP contribution is -2.17. The fourth-order valence-electron chi connectivity index (χ4n) is 1.98. The lowest BCUT2D eigenvalue weighted by molar-refractivity contribution is 0.0950. The van der Waals surface area contributed by atoms with Gasteiger partial charge in [-0.05, 0) is 35.9 Å². The fraction of sp³-hybridized carbons (Fsp3) is 0. The third kappa shape index (κ3) is 4.01. The number of hydrogen-bond acceptors (Lipinski definition) is 3. The van der Waals surface area contributed by atoms with E-state index < -0.39 is 0 Å². The second kappa shape index (κ2) is 7.29. The zero-order valence-electron chi connectivity index (χ0n) is 12.3. The molecular weight excluding hydrogens is 347 g/mol. The minimum absolute atomic E-state index is 0.313. The van der Waals surface area contributed by atoms with Crippen molar-refractivity contribution in [3.8, 4) is 11.3 Å². The SMILES string of the molecule is O=C(N/N=C\c1ccc(Cl)cc1)c1cc(-c2ccc(Cl)cc2)n[nH]1. The van der Waals surface area contributed by atoms with Crippen LogP contribution in [0, 0.1) is 0 Å². The first kappa shape index (κ1) is 16.2. The normalized spacial score (nSPS) is 10.9.